The first-order valence-corrected chi connectivity index (χ1v) is 11.1. The number of sulfone groups is 1. The first kappa shape index (κ1) is 16.9. The summed E-state index contributed by atoms with van der Waals surface area (Å²) in [5, 5.41) is 1.64. The zero-order valence-electron chi connectivity index (χ0n) is 13.4. The van der Waals surface area contributed by atoms with Crippen LogP contribution in [0.2, 0.25) is 5.02 Å². The fraction of sp³-hybridized carbons (Fsp3) is 0.278. The Balaban J connectivity index is 1.64. The van der Waals surface area contributed by atoms with Crippen molar-refractivity contribution in [2.75, 3.05) is 16.4 Å². The van der Waals surface area contributed by atoms with Gasteiger partial charge in [0.25, 0.3) is 0 Å². The molecule has 0 radical (unpaired) electrons. The van der Waals surface area contributed by atoms with Crippen LogP contribution in [0, 0.1) is 0 Å². The molecule has 0 aliphatic carbocycles. The third-order valence-corrected chi connectivity index (χ3v) is 7.86. The summed E-state index contributed by atoms with van der Waals surface area (Å²) in [6.07, 6.45) is 0. The number of hydrogen-bond donors (Lipinski definition) is 0. The van der Waals surface area contributed by atoms with E-state index in [9.17, 15) is 8.42 Å². The summed E-state index contributed by atoms with van der Waals surface area (Å²) in [7, 11) is -2.94. The van der Waals surface area contributed by atoms with Crippen LogP contribution < -0.4 is 4.90 Å². The first-order chi connectivity index (χ1) is 12.0. The predicted molar refractivity (Wildman–Crippen MR) is 105 cm³/mol. The second-order valence-corrected chi connectivity index (χ2v) is 10.1. The Hall–Kier alpha value is -1.50. The van der Waals surface area contributed by atoms with E-state index >= 15 is 0 Å². The van der Waals surface area contributed by atoms with Crippen LogP contribution in [0.1, 0.15) is 5.56 Å². The molecule has 2 aromatic carbocycles. The lowest BCUT2D eigenvalue weighted by molar-refractivity contribution is 0.601. The Morgan fingerprint density at radius 3 is 2.48 bits per heavy atom. The first-order valence-electron chi connectivity index (χ1n) is 8.02. The molecule has 7 heteroatoms. The predicted octanol–water partition coefficient (Wildman–Crippen LogP) is 3.62. The lowest BCUT2D eigenvalue weighted by Crippen LogP contribution is -2.28. The Labute approximate surface area is 156 Å². The monoisotopic (exact) mass is 392 g/mol. The maximum atomic E-state index is 11.8. The Morgan fingerprint density at radius 1 is 1.08 bits per heavy atom. The number of halogens is 1. The molecule has 4 rings (SSSR count). The van der Waals surface area contributed by atoms with Crippen molar-refractivity contribution >= 4 is 44.1 Å². The number of anilines is 1. The number of aliphatic imine (C=N–C) groups is 1. The minimum Gasteiger partial charge on any atom is -0.317 e. The van der Waals surface area contributed by atoms with Gasteiger partial charge in [-0.15, -0.1) is 0 Å². The highest BCUT2D eigenvalue weighted by atomic mass is 35.5. The summed E-state index contributed by atoms with van der Waals surface area (Å²) >= 11 is 7.56. The van der Waals surface area contributed by atoms with E-state index in [1.54, 1.807) is 11.8 Å². The Kier molecular flexibility index (Phi) is 4.52. The average Bonchev–Trinajstić information content (AvgIpc) is 3.08. The summed E-state index contributed by atoms with van der Waals surface area (Å²) in [5.41, 5.74) is 2.17. The highest BCUT2D eigenvalue weighted by Gasteiger charge is 2.43. The van der Waals surface area contributed by atoms with Crippen LogP contribution in [-0.4, -0.2) is 36.4 Å². The molecule has 0 spiro atoms. The van der Waals surface area contributed by atoms with E-state index in [0.29, 0.717) is 11.6 Å². The largest absolute Gasteiger partial charge is 0.317 e. The zero-order valence-corrected chi connectivity index (χ0v) is 15.8. The summed E-state index contributed by atoms with van der Waals surface area (Å²) in [6, 6.07) is 17.7. The van der Waals surface area contributed by atoms with Gasteiger partial charge in [-0.3, -0.25) is 4.99 Å². The molecule has 0 amide bonds. The molecule has 2 unspecified atom stereocenters. The van der Waals surface area contributed by atoms with Crippen LogP contribution >= 0.6 is 23.4 Å². The zero-order chi connectivity index (χ0) is 17.4. The minimum atomic E-state index is -2.94. The molecule has 130 valence electrons. The Bertz CT molecular complexity index is 898. The maximum Gasteiger partial charge on any atom is 0.164 e. The molecule has 25 heavy (non-hydrogen) atoms. The van der Waals surface area contributed by atoms with E-state index in [-0.39, 0.29) is 22.8 Å². The highest BCUT2D eigenvalue weighted by molar-refractivity contribution is 8.15. The number of amidine groups is 1. The molecule has 0 saturated carbocycles. The number of hydrogen-bond acceptors (Lipinski definition) is 5. The molecule has 2 aliphatic rings. The fourth-order valence-corrected chi connectivity index (χ4v) is 7.03. The van der Waals surface area contributed by atoms with Gasteiger partial charge < -0.3 is 4.90 Å². The van der Waals surface area contributed by atoms with Crippen molar-refractivity contribution in [2.24, 2.45) is 4.99 Å². The van der Waals surface area contributed by atoms with Gasteiger partial charge in [-0.05, 0) is 29.8 Å². The Morgan fingerprint density at radius 2 is 1.80 bits per heavy atom. The molecule has 2 heterocycles. The lowest BCUT2D eigenvalue weighted by atomic mass is 10.2. The number of thioether (sulfide) groups is 1. The van der Waals surface area contributed by atoms with Crippen molar-refractivity contribution in [1.82, 2.24) is 0 Å². The van der Waals surface area contributed by atoms with Crippen LogP contribution in [0.15, 0.2) is 59.6 Å². The van der Waals surface area contributed by atoms with Gasteiger partial charge in [0.1, 0.15) is 0 Å². The third-order valence-electron chi connectivity index (χ3n) is 4.36. The van der Waals surface area contributed by atoms with E-state index in [4.69, 9.17) is 16.6 Å². The maximum absolute atomic E-state index is 11.8. The molecule has 2 aliphatic heterocycles. The molecule has 0 bridgehead atoms. The molecular formula is C18H17ClN2O2S2. The van der Waals surface area contributed by atoms with E-state index in [1.165, 1.54) is 0 Å². The molecule has 0 aromatic heterocycles. The molecule has 2 aromatic rings. The number of nitrogens with zero attached hydrogens (tertiary/aromatic N) is 2. The van der Waals surface area contributed by atoms with Gasteiger partial charge in [-0.1, -0.05) is 53.7 Å². The second kappa shape index (κ2) is 6.67. The highest BCUT2D eigenvalue weighted by Crippen LogP contribution is 2.37. The van der Waals surface area contributed by atoms with E-state index in [0.717, 1.165) is 16.4 Å². The van der Waals surface area contributed by atoms with E-state index < -0.39 is 9.84 Å². The van der Waals surface area contributed by atoms with Crippen LogP contribution in [0.5, 0.6) is 0 Å². The number of fused-ring (bicyclic) bond motifs is 1. The molecule has 0 N–H and O–H groups in total. The number of benzene rings is 2. The van der Waals surface area contributed by atoms with Gasteiger partial charge in [0.15, 0.2) is 15.0 Å². The average molecular weight is 393 g/mol. The van der Waals surface area contributed by atoms with Crippen LogP contribution in [-0.2, 0) is 16.4 Å². The van der Waals surface area contributed by atoms with Crippen molar-refractivity contribution in [2.45, 2.75) is 17.8 Å². The molecule has 1 fully saturated rings. The summed E-state index contributed by atoms with van der Waals surface area (Å²) in [4.78, 5) is 6.89. The van der Waals surface area contributed by atoms with E-state index in [2.05, 4.69) is 4.90 Å². The van der Waals surface area contributed by atoms with Gasteiger partial charge in [0.2, 0.25) is 0 Å². The fourth-order valence-electron chi connectivity index (χ4n) is 3.12. The third kappa shape index (κ3) is 3.71. The SMILES string of the molecule is O=S1(=O)CC2N=C(N(Cc3ccc(Cl)cc3)c3ccccc3)SC2C1. The minimum absolute atomic E-state index is 0.0384. The van der Waals surface area contributed by atoms with Gasteiger partial charge in [-0.25, -0.2) is 8.42 Å². The molecule has 4 nitrogen and oxygen atoms in total. The lowest BCUT2D eigenvalue weighted by Gasteiger charge is -2.24. The van der Waals surface area contributed by atoms with Crippen molar-refractivity contribution in [1.29, 1.82) is 0 Å². The van der Waals surface area contributed by atoms with Crippen LogP contribution in [0.25, 0.3) is 0 Å². The number of para-hydroxylation sites is 1. The van der Waals surface area contributed by atoms with Crippen molar-refractivity contribution < 1.29 is 8.42 Å². The van der Waals surface area contributed by atoms with E-state index in [1.807, 2.05) is 54.6 Å². The molecule has 1 saturated heterocycles. The van der Waals surface area contributed by atoms with Crippen molar-refractivity contribution in [3.8, 4) is 0 Å². The van der Waals surface area contributed by atoms with Crippen LogP contribution in [0.4, 0.5) is 5.69 Å². The summed E-state index contributed by atoms with van der Waals surface area (Å²) < 4.78 is 23.6. The van der Waals surface area contributed by atoms with Gasteiger partial charge in [0, 0.05) is 16.0 Å². The summed E-state index contributed by atoms with van der Waals surface area (Å²) in [6.45, 7) is 0.666. The normalized spacial score (nSPS) is 24.0. The summed E-state index contributed by atoms with van der Waals surface area (Å²) in [5.74, 6) is 0.386. The standard InChI is InChI=1S/C18H17ClN2O2S2/c19-14-8-6-13(7-9-14)10-21(15-4-2-1-3-5-15)18-20-16-11-25(22,23)12-17(16)24-18/h1-9,16-17H,10-12H2. The smallest absolute Gasteiger partial charge is 0.164 e. The van der Waals surface area contributed by atoms with Gasteiger partial charge >= 0.3 is 0 Å². The quantitative estimate of drug-likeness (QED) is 0.800. The molecule has 2 atom stereocenters. The second-order valence-electron chi connectivity index (χ2n) is 6.26. The van der Waals surface area contributed by atoms with Crippen molar-refractivity contribution in [3.05, 3.63) is 65.2 Å². The van der Waals surface area contributed by atoms with Gasteiger partial charge in [0.05, 0.1) is 24.1 Å². The van der Waals surface area contributed by atoms with Gasteiger partial charge in [-0.2, -0.15) is 0 Å². The van der Waals surface area contributed by atoms with Crippen LogP contribution in [0.3, 0.4) is 0 Å². The molecular weight excluding hydrogens is 376 g/mol. The topological polar surface area (TPSA) is 49.7 Å². The number of rotatable bonds is 3. The van der Waals surface area contributed by atoms with Crippen molar-refractivity contribution in [3.63, 3.8) is 0 Å².